The van der Waals surface area contributed by atoms with Gasteiger partial charge in [0.2, 0.25) is 10.0 Å². The third-order valence-corrected chi connectivity index (χ3v) is 6.83. The molecule has 2 aromatic carbocycles. The van der Waals surface area contributed by atoms with Gasteiger partial charge in [0.15, 0.2) is 11.7 Å². The molecule has 1 aliphatic heterocycles. The van der Waals surface area contributed by atoms with E-state index in [1.54, 1.807) is 6.07 Å². The van der Waals surface area contributed by atoms with Gasteiger partial charge >= 0.3 is 0 Å². The van der Waals surface area contributed by atoms with E-state index >= 15 is 0 Å². The summed E-state index contributed by atoms with van der Waals surface area (Å²) in [6.45, 7) is 1.04. The number of ketones is 1. The van der Waals surface area contributed by atoms with E-state index in [-0.39, 0.29) is 16.3 Å². The fourth-order valence-corrected chi connectivity index (χ4v) is 4.91. The maximum absolute atomic E-state index is 12.8. The number of Topliss-reactive ketones (excluding diaryl/α,β-unsaturated/α-hetero) is 1. The van der Waals surface area contributed by atoms with Crippen LogP contribution < -0.4 is 0 Å². The first-order valence-electron chi connectivity index (χ1n) is 8.99. The summed E-state index contributed by atoms with van der Waals surface area (Å²) in [7, 11) is -3.54. The van der Waals surface area contributed by atoms with Crippen LogP contribution in [-0.2, 0) is 10.0 Å². The Balaban J connectivity index is 1.61. The number of hydrogen-bond acceptors (Lipinski definition) is 5. The van der Waals surface area contributed by atoms with Gasteiger partial charge in [-0.15, -0.1) is 0 Å². The summed E-state index contributed by atoms with van der Waals surface area (Å²) in [4.78, 5) is 20.3. The molecule has 1 aromatic heterocycles. The lowest BCUT2D eigenvalue weighted by Crippen LogP contribution is -2.27. The lowest BCUT2D eigenvalue weighted by atomic mass is 9.98. The number of aromatic amines is 1. The van der Waals surface area contributed by atoms with Gasteiger partial charge in [-0.2, -0.15) is 9.57 Å². The molecule has 8 heteroatoms. The number of carbonyl (C=O) groups is 1. The summed E-state index contributed by atoms with van der Waals surface area (Å²) >= 11 is 0. The van der Waals surface area contributed by atoms with E-state index in [0.717, 1.165) is 18.4 Å². The molecule has 0 aliphatic carbocycles. The first-order chi connectivity index (χ1) is 13.5. The predicted molar refractivity (Wildman–Crippen MR) is 103 cm³/mol. The van der Waals surface area contributed by atoms with Gasteiger partial charge in [0.25, 0.3) is 0 Å². The van der Waals surface area contributed by atoms with Crippen LogP contribution in [0.2, 0.25) is 0 Å². The number of carbonyl (C=O) groups excluding carboxylic acids is 1. The molecule has 2 heterocycles. The average Bonchev–Trinajstić information content (AvgIpc) is 3.39. The molecule has 0 bridgehead atoms. The molecule has 1 aliphatic rings. The quantitative estimate of drug-likeness (QED) is 0.670. The second-order valence-electron chi connectivity index (χ2n) is 6.70. The number of nitriles is 1. The van der Waals surface area contributed by atoms with Crippen LogP contribution in [0.4, 0.5) is 0 Å². The smallest absolute Gasteiger partial charge is 0.243 e. The lowest BCUT2D eigenvalue weighted by molar-refractivity contribution is 0.0976. The monoisotopic (exact) mass is 394 g/mol. The molecule has 0 saturated carbocycles. The summed E-state index contributed by atoms with van der Waals surface area (Å²) in [5, 5.41) is 9.53. The van der Waals surface area contributed by atoms with Gasteiger partial charge in [0, 0.05) is 18.7 Å². The average molecular weight is 394 g/mol. The van der Waals surface area contributed by atoms with Crippen molar-refractivity contribution in [1.82, 2.24) is 14.3 Å². The van der Waals surface area contributed by atoms with Gasteiger partial charge in [-0.25, -0.2) is 13.4 Å². The van der Waals surface area contributed by atoms with Crippen LogP contribution in [0.5, 0.6) is 0 Å². The molecule has 142 valence electrons. The Morgan fingerprint density at radius 1 is 1.11 bits per heavy atom. The second-order valence-corrected chi connectivity index (χ2v) is 8.64. The number of hydrogen-bond donors (Lipinski definition) is 1. The zero-order chi connectivity index (χ0) is 19.7. The Bertz CT molecular complexity index is 1140. The van der Waals surface area contributed by atoms with Crippen molar-refractivity contribution in [2.24, 2.45) is 0 Å². The van der Waals surface area contributed by atoms with E-state index in [4.69, 9.17) is 0 Å². The molecular weight excluding hydrogens is 376 g/mol. The summed E-state index contributed by atoms with van der Waals surface area (Å²) in [6.07, 6.45) is 1.72. The number of nitrogens with zero attached hydrogens (tertiary/aromatic N) is 3. The highest BCUT2D eigenvalue weighted by Gasteiger charge is 2.28. The summed E-state index contributed by atoms with van der Waals surface area (Å²) < 4.78 is 26.7. The van der Waals surface area contributed by atoms with Crippen LogP contribution >= 0.6 is 0 Å². The zero-order valence-electron chi connectivity index (χ0n) is 15.0. The standard InChI is InChI=1S/C20H18N4O3S/c21-13-16(20-22-17-5-1-2-6-18(17)23-20)19(25)14-7-9-15(10-8-14)28(26,27)24-11-3-4-12-24/h1-2,5-10,16H,3-4,11-12H2,(H,22,23)/t16-/m0/s1. The molecule has 0 unspecified atom stereocenters. The largest absolute Gasteiger partial charge is 0.340 e. The fourth-order valence-electron chi connectivity index (χ4n) is 3.39. The first kappa shape index (κ1) is 18.3. The van der Waals surface area contributed by atoms with E-state index in [0.29, 0.717) is 18.6 Å². The van der Waals surface area contributed by atoms with Gasteiger partial charge in [0.05, 0.1) is 22.0 Å². The lowest BCUT2D eigenvalue weighted by Gasteiger charge is -2.15. The molecule has 3 aromatic rings. The first-order valence-corrected chi connectivity index (χ1v) is 10.4. The van der Waals surface area contributed by atoms with Gasteiger partial charge in [-0.3, -0.25) is 4.79 Å². The van der Waals surface area contributed by atoms with Gasteiger partial charge < -0.3 is 4.98 Å². The van der Waals surface area contributed by atoms with E-state index in [1.807, 2.05) is 24.3 Å². The number of aromatic nitrogens is 2. The van der Waals surface area contributed by atoms with Crippen molar-refractivity contribution in [3.63, 3.8) is 0 Å². The van der Waals surface area contributed by atoms with Crippen molar-refractivity contribution in [2.75, 3.05) is 13.1 Å². The molecule has 7 nitrogen and oxygen atoms in total. The Hall–Kier alpha value is -3.02. The third kappa shape index (κ3) is 3.19. The van der Waals surface area contributed by atoms with Crippen molar-refractivity contribution in [1.29, 1.82) is 5.26 Å². The molecule has 1 saturated heterocycles. The second kappa shape index (κ2) is 7.19. The number of fused-ring (bicyclic) bond motifs is 1. The summed E-state index contributed by atoms with van der Waals surface area (Å²) in [5.74, 6) is -1.23. The topological polar surface area (TPSA) is 107 Å². The number of nitrogens with one attached hydrogen (secondary N) is 1. The predicted octanol–water partition coefficient (Wildman–Crippen LogP) is 2.84. The minimum atomic E-state index is -3.54. The molecule has 4 rings (SSSR count). The molecule has 1 atom stereocenters. The van der Waals surface area contributed by atoms with Crippen molar-refractivity contribution in [3.8, 4) is 6.07 Å². The molecule has 1 N–H and O–H groups in total. The van der Waals surface area contributed by atoms with Gasteiger partial charge in [-0.05, 0) is 37.1 Å². The summed E-state index contributed by atoms with van der Waals surface area (Å²) in [5.41, 5.74) is 1.70. The molecule has 1 fully saturated rings. The SMILES string of the molecule is N#C[C@@H](C(=O)c1ccc(S(=O)(=O)N2CCCC2)cc1)c1nc2ccccc2[nH]1. The van der Waals surface area contributed by atoms with Gasteiger partial charge in [0.1, 0.15) is 5.82 Å². The molecule has 28 heavy (non-hydrogen) atoms. The highest BCUT2D eigenvalue weighted by atomic mass is 32.2. The van der Waals surface area contributed by atoms with Crippen LogP contribution in [0, 0.1) is 11.3 Å². The van der Waals surface area contributed by atoms with Crippen LogP contribution in [-0.4, -0.2) is 41.6 Å². The normalized spacial score (nSPS) is 16.1. The van der Waals surface area contributed by atoms with Crippen LogP contribution in [0.25, 0.3) is 11.0 Å². The minimum absolute atomic E-state index is 0.156. The number of benzene rings is 2. The molecule has 0 radical (unpaired) electrons. The Labute approximate surface area is 162 Å². The maximum Gasteiger partial charge on any atom is 0.243 e. The van der Waals surface area contributed by atoms with E-state index in [9.17, 15) is 18.5 Å². The van der Waals surface area contributed by atoms with Crippen molar-refractivity contribution >= 4 is 26.8 Å². The Morgan fingerprint density at radius 2 is 1.79 bits per heavy atom. The van der Waals surface area contributed by atoms with Crippen molar-refractivity contribution < 1.29 is 13.2 Å². The Kier molecular flexibility index (Phi) is 4.71. The van der Waals surface area contributed by atoms with Crippen LogP contribution in [0.3, 0.4) is 0 Å². The highest BCUT2D eigenvalue weighted by Crippen LogP contribution is 2.24. The maximum atomic E-state index is 12.8. The summed E-state index contributed by atoms with van der Waals surface area (Å²) in [6, 6.07) is 15.0. The number of sulfonamides is 1. The minimum Gasteiger partial charge on any atom is -0.340 e. The number of para-hydroxylation sites is 2. The Morgan fingerprint density at radius 3 is 2.43 bits per heavy atom. The molecule has 0 amide bonds. The molecule has 0 spiro atoms. The van der Waals surface area contributed by atoms with Crippen molar-refractivity contribution in [3.05, 3.63) is 59.9 Å². The van der Waals surface area contributed by atoms with E-state index in [1.165, 1.54) is 28.6 Å². The number of H-pyrrole nitrogens is 1. The van der Waals surface area contributed by atoms with Crippen molar-refractivity contribution in [2.45, 2.75) is 23.7 Å². The highest BCUT2D eigenvalue weighted by molar-refractivity contribution is 7.89. The third-order valence-electron chi connectivity index (χ3n) is 4.91. The zero-order valence-corrected chi connectivity index (χ0v) is 15.8. The van der Waals surface area contributed by atoms with E-state index in [2.05, 4.69) is 9.97 Å². The van der Waals surface area contributed by atoms with E-state index < -0.39 is 21.7 Å². The van der Waals surface area contributed by atoms with Gasteiger partial charge in [-0.1, -0.05) is 24.3 Å². The molecular formula is C20H18N4O3S. The number of imidazole rings is 1. The number of rotatable bonds is 5. The van der Waals surface area contributed by atoms with Crippen LogP contribution in [0.15, 0.2) is 53.4 Å². The van der Waals surface area contributed by atoms with Crippen LogP contribution in [0.1, 0.15) is 34.9 Å². The fraction of sp³-hybridized carbons (Fsp3) is 0.250.